The zero-order valence-corrected chi connectivity index (χ0v) is 19.8. The van der Waals surface area contributed by atoms with Gasteiger partial charge in [0.15, 0.2) is 0 Å². The van der Waals surface area contributed by atoms with Crippen molar-refractivity contribution >= 4 is 30.0 Å². The van der Waals surface area contributed by atoms with Crippen molar-refractivity contribution < 1.29 is 29.1 Å². The Bertz CT molecular complexity index is 815. The van der Waals surface area contributed by atoms with Gasteiger partial charge in [0.1, 0.15) is 18.4 Å². The Kier molecular flexibility index (Phi) is 13.2. The molecule has 1 unspecified atom stereocenters. The molecule has 10 heteroatoms. The van der Waals surface area contributed by atoms with Gasteiger partial charge in [-0.05, 0) is 43.7 Å². The van der Waals surface area contributed by atoms with Crippen LogP contribution in [0.2, 0.25) is 0 Å². The molecule has 0 saturated heterocycles. The summed E-state index contributed by atoms with van der Waals surface area (Å²) in [5.74, 6) is -2.97. The number of hydrogen-bond acceptors (Lipinski definition) is 6. The zero-order valence-electron chi connectivity index (χ0n) is 19.8. The van der Waals surface area contributed by atoms with Gasteiger partial charge in [-0.2, -0.15) is 0 Å². The number of rotatable bonds is 16. The van der Waals surface area contributed by atoms with E-state index in [2.05, 4.69) is 16.0 Å². The largest absolute Gasteiger partial charge is 0.481 e. The van der Waals surface area contributed by atoms with E-state index in [1.54, 1.807) is 13.8 Å². The van der Waals surface area contributed by atoms with Crippen LogP contribution in [0.1, 0.15) is 51.5 Å². The lowest BCUT2D eigenvalue weighted by molar-refractivity contribution is -0.139. The number of amides is 3. The average molecular weight is 477 g/mol. The van der Waals surface area contributed by atoms with Crippen LogP contribution in [-0.4, -0.2) is 59.8 Å². The van der Waals surface area contributed by atoms with Gasteiger partial charge >= 0.3 is 5.97 Å². The topological polar surface area (TPSA) is 168 Å². The zero-order chi connectivity index (χ0) is 25.5. The van der Waals surface area contributed by atoms with Gasteiger partial charge < -0.3 is 31.6 Å². The number of nitrogens with one attached hydrogen (secondary N) is 3. The molecule has 3 amide bonds. The van der Waals surface area contributed by atoms with E-state index in [9.17, 15) is 24.0 Å². The highest BCUT2D eigenvalue weighted by Crippen LogP contribution is 2.08. The Labute approximate surface area is 200 Å². The molecule has 1 aromatic rings. The molecule has 0 bridgehead atoms. The molecule has 0 heterocycles. The summed E-state index contributed by atoms with van der Waals surface area (Å²) >= 11 is 0. The predicted octanol–water partition coefficient (Wildman–Crippen LogP) is 0.532. The maximum atomic E-state index is 13.0. The number of carboxylic acids is 1. The minimum absolute atomic E-state index is 0.205. The van der Waals surface area contributed by atoms with Crippen LogP contribution in [0.5, 0.6) is 0 Å². The van der Waals surface area contributed by atoms with Crippen molar-refractivity contribution in [3.63, 3.8) is 0 Å². The molecule has 0 saturated carbocycles. The molecule has 0 spiro atoms. The van der Waals surface area contributed by atoms with E-state index in [0.29, 0.717) is 32.1 Å². The number of hydrogen-bond donors (Lipinski definition) is 5. The Hall–Kier alpha value is -3.27. The molecule has 3 atom stereocenters. The van der Waals surface area contributed by atoms with Gasteiger partial charge in [0.05, 0.1) is 12.5 Å². The molecule has 1 aromatic carbocycles. The van der Waals surface area contributed by atoms with Gasteiger partial charge in [0.25, 0.3) is 0 Å². The first kappa shape index (κ1) is 28.8. The summed E-state index contributed by atoms with van der Waals surface area (Å²) in [6, 6.07) is 6.42. The summed E-state index contributed by atoms with van der Waals surface area (Å²) in [5.41, 5.74) is 6.52. The third-order valence-corrected chi connectivity index (χ3v) is 5.22. The van der Waals surface area contributed by atoms with Gasteiger partial charge in [-0.3, -0.25) is 19.2 Å². The first-order valence-corrected chi connectivity index (χ1v) is 11.5. The first-order valence-electron chi connectivity index (χ1n) is 11.5. The molecule has 0 aliphatic heterocycles. The van der Waals surface area contributed by atoms with Crippen molar-refractivity contribution in [3.8, 4) is 0 Å². The molecule has 34 heavy (non-hydrogen) atoms. The van der Waals surface area contributed by atoms with Crippen LogP contribution in [0, 0.1) is 5.92 Å². The number of aldehydes is 1. The van der Waals surface area contributed by atoms with Crippen molar-refractivity contribution in [2.24, 2.45) is 11.7 Å². The number of aryl methyl sites for hydroxylation is 1. The lowest BCUT2D eigenvalue weighted by atomic mass is 10.0. The first-order chi connectivity index (χ1) is 16.2. The van der Waals surface area contributed by atoms with Crippen LogP contribution in [0.25, 0.3) is 0 Å². The maximum absolute atomic E-state index is 13.0. The lowest BCUT2D eigenvalue weighted by Gasteiger charge is -2.26. The highest BCUT2D eigenvalue weighted by atomic mass is 16.4. The number of carbonyl (C=O) groups is 5. The summed E-state index contributed by atoms with van der Waals surface area (Å²) in [5, 5.41) is 16.6. The van der Waals surface area contributed by atoms with Gasteiger partial charge in [0, 0.05) is 6.42 Å². The summed E-state index contributed by atoms with van der Waals surface area (Å²) in [6.45, 7) is 3.96. The van der Waals surface area contributed by atoms with Gasteiger partial charge in [-0.1, -0.05) is 44.2 Å². The second-order valence-corrected chi connectivity index (χ2v) is 8.47. The Morgan fingerprint density at radius 3 is 2.24 bits per heavy atom. The fourth-order valence-corrected chi connectivity index (χ4v) is 3.31. The van der Waals surface area contributed by atoms with Crippen LogP contribution in [-0.2, 0) is 30.4 Å². The molecule has 0 fully saturated rings. The SMILES string of the molecule is CC(C)[C@H](NC(=O)CCc1ccccc1)C(=O)N[C@@H](CCCCN)C(=O)NC(C=O)CC(=O)O. The molecular formula is C24H36N4O6. The van der Waals surface area contributed by atoms with Gasteiger partial charge in [-0.15, -0.1) is 0 Å². The van der Waals surface area contributed by atoms with E-state index in [-0.39, 0.29) is 24.7 Å². The van der Waals surface area contributed by atoms with Crippen LogP contribution in [0.15, 0.2) is 30.3 Å². The number of nitrogens with two attached hydrogens (primary N) is 1. The van der Waals surface area contributed by atoms with Crippen LogP contribution >= 0.6 is 0 Å². The number of carboxylic acid groups (broad SMARTS) is 1. The Balaban J connectivity index is 2.81. The summed E-state index contributed by atoms with van der Waals surface area (Å²) in [6.07, 6.45) is 1.92. The highest BCUT2D eigenvalue weighted by molar-refractivity contribution is 5.93. The maximum Gasteiger partial charge on any atom is 0.305 e. The Morgan fingerprint density at radius 1 is 1.00 bits per heavy atom. The van der Waals surface area contributed by atoms with Crippen molar-refractivity contribution in [1.82, 2.24) is 16.0 Å². The third kappa shape index (κ3) is 11.0. The highest BCUT2D eigenvalue weighted by Gasteiger charge is 2.29. The van der Waals surface area contributed by atoms with Crippen LogP contribution in [0.4, 0.5) is 0 Å². The van der Waals surface area contributed by atoms with E-state index in [0.717, 1.165) is 5.56 Å². The van der Waals surface area contributed by atoms with Crippen molar-refractivity contribution in [1.29, 1.82) is 0 Å². The molecule has 0 aliphatic carbocycles. The number of aliphatic carboxylic acids is 1. The number of benzene rings is 1. The molecule has 1 rings (SSSR count). The van der Waals surface area contributed by atoms with Crippen LogP contribution < -0.4 is 21.7 Å². The number of carbonyl (C=O) groups excluding carboxylic acids is 4. The van der Waals surface area contributed by atoms with Crippen molar-refractivity contribution in [2.45, 2.75) is 70.5 Å². The molecule has 0 aliphatic rings. The fourth-order valence-electron chi connectivity index (χ4n) is 3.31. The quantitative estimate of drug-likeness (QED) is 0.171. The van der Waals surface area contributed by atoms with Crippen molar-refractivity contribution in [2.75, 3.05) is 6.54 Å². The van der Waals surface area contributed by atoms with E-state index < -0.39 is 42.3 Å². The van der Waals surface area contributed by atoms with Crippen LogP contribution in [0.3, 0.4) is 0 Å². The van der Waals surface area contributed by atoms with Crippen molar-refractivity contribution in [3.05, 3.63) is 35.9 Å². The summed E-state index contributed by atoms with van der Waals surface area (Å²) < 4.78 is 0. The van der Waals surface area contributed by atoms with E-state index in [4.69, 9.17) is 10.8 Å². The normalized spacial score (nSPS) is 13.4. The molecule has 0 aromatic heterocycles. The minimum atomic E-state index is -1.24. The minimum Gasteiger partial charge on any atom is -0.481 e. The Morgan fingerprint density at radius 2 is 1.68 bits per heavy atom. The summed E-state index contributed by atoms with van der Waals surface area (Å²) in [4.78, 5) is 60.2. The second kappa shape index (κ2) is 15.5. The van der Waals surface area contributed by atoms with E-state index in [1.807, 2.05) is 30.3 Å². The van der Waals surface area contributed by atoms with Gasteiger partial charge in [-0.25, -0.2) is 0 Å². The average Bonchev–Trinajstić information content (AvgIpc) is 2.80. The standard InChI is InChI=1S/C24H36N4O6/c1-16(2)22(28-20(30)12-11-17-8-4-3-5-9-17)24(34)27-19(10-6-7-13-25)23(33)26-18(15-29)14-21(31)32/h3-5,8-9,15-16,18-19,22H,6-7,10-14,25H2,1-2H3,(H,26,33)(H,27,34)(H,28,30)(H,31,32)/t18?,19-,22-/m0/s1. The smallest absolute Gasteiger partial charge is 0.305 e. The monoisotopic (exact) mass is 476 g/mol. The molecule has 0 radical (unpaired) electrons. The summed E-state index contributed by atoms with van der Waals surface area (Å²) in [7, 11) is 0. The molecule has 188 valence electrons. The van der Waals surface area contributed by atoms with Gasteiger partial charge in [0.2, 0.25) is 17.7 Å². The molecule has 10 nitrogen and oxygen atoms in total. The predicted molar refractivity (Wildman–Crippen MR) is 127 cm³/mol. The van der Waals surface area contributed by atoms with E-state index in [1.165, 1.54) is 0 Å². The lowest BCUT2D eigenvalue weighted by Crippen LogP contribution is -2.56. The molecular weight excluding hydrogens is 440 g/mol. The fraction of sp³-hybridized carbons (Fsp3) is 0.542. The third-order valence-electron chi connectivity index (χ3n) is 5.22. The molecule has 6 N–H and O–H groups in total. The second-order valence-electron chi connectivity index (χ2n) is 8.47. The number of unbranched alkanes of at least 4 members (excludes halogenated alkanes) is 1. The van der Waals surface area contributed by atoms with E-state index >= 15 is 0 Å².